The molecule has 0 aliphatic carbocycles. The van der Waals surface area contributed by atoms with Gasteiger partial charge in [-0.2, -0.15) is 0 Å². The number of morpholine rings is 1. The molecule has 1 aliphatic heterocycles. The first-order chi connectivity index (χ1) is 15.1. The van der Waals surface area contributed by atoms with Crippen LogP contribution in [0.1, 0.15) is 34.8 Å². The summed E-state index contributed by atoms with van der Waals surface area (Å²) in [6, 6.07) is 9.53. The molecule has 1 aromatic carbocycles. The number of nitrogens with zero attached hydrogens (tertiary/aromatic N) is 5. The number of anilines is 1. The normalized spacial score (nSPS) is 14.8. The summed E-state index contributed by atoms with van der Waals surface area (Å²) >= 11 is 0. The number of fused-ring (bicyclic) bond motifs is 1. The van der Waals surface area contributed by atoms with E-state index in [2.05, 4.69) is 33.6 Å². The van der Waals surface area contributed by atoms with Crippen molar-refractivity contribution < 1.29 is 9.53 Å². The van der Waals surface area contributed by atoms with Crippen molar-refractivity contribution >= 4 is 41.0 Å². The average molecular weight is 416 g/mol. The number of benzene rings is 1. The SMILES string of the molecule is C=Cc1ncnc(N[C@@H](C)c2cc3ccccc3c(C(=O)N3CCOCC3)n2)c1N=C. The van der Waals surface area contributed by atoms with Gasteiger partial charge < -0.3 is 15.0 Å². The van der Waals surface area contributed by atoms with Gasteiger partial charge >= 0.3 is 0 Å². The lowest BCUT2D eigenvalue weighted by Crippen LogP contribution is -2.41. The smallest absolute Gasteiger partial charge is 0.273 e. The number of hydrogen-bond donors (Lipinski definition) is 1. The molecule has 1 aliphatic rings. The molecule has 1 atom stereocenters. The Balaban J connectivity index is 1.72. The summed E-state index contributed by atoms with van der Waals surface area (Å²) in [7, 11) is 0. The highest BCUT2D eigenvalue weighted by Gasteiger charge is 2.23. The van der Waals surface area contributed by atoms with Crippen molar-refractivity contribution in [2.24, 2.45) is 4.99 Å². The van der Waals surface area contributed by atoms with Crippen molar-refractivity contribution in [3.63, 3.8) is 0 Å². The first-order valence-electron chi connectivity index (χ1n) is 10.1. The predicted octanol–water partition coefficient (Wildman–Crippen LogP) is 3.65. The number of nitrogens with one attached hydrogen (secondary N) is 1. The summed E-state index contributed by atoms with van der Waals surface area (Å²) in [6.07, 6.45) is 3.05. The largest absolute Gasteiger partial charge is 0.378 e. The van der Waals surface area contributed by atoms with Gasteiger partial charge in [-0.05, 0) is 31.2 Å². The van der Waals surface area contributed by atoms with Gasteiger partial charge in [0.25, 0.3) is 5.91 Å². The second-order valence-corrected chi connectivity index (χ2v) is 7.21. The van der Waals surface area contributed by atoms with Crippen LogP contribution in [0, 0.1) is 0 Å². The number of ether oxygens (including phenoxy) is 1. The molecule has 4 rings (SSSR count). The van der Waals surface area contributed by atoms with E-state index in [4.69, 9.17) is 9.72 Å². The maximum absolute atomic E-state index is 13.3. The molecule has 1 N–H and O–H groups in total. The van der Waals surface area contributed by atoms with E-state index in [1.165, 1.54) is 6.33 Å². The van der Waals surface area contributed by atoms with E-state index in [-0.39, 0.29) is 11.9 Å². The lowest BCUT2D eigenvalue weighted by Gasteiger charge is -2.27. The van der Waals surface area contributed by atoms with Crippen LogP contribution in [0.3, 0.4) is 0 Å². The molecule has 0 spiro atoms. The molecule has 0 radical (unpaired) electrons. The molecule has 1 amide bonds. The fourth-order valence-electron chi connectivity index (χ4n) is 3.60. The Hall–Kier alpha value is -3.65. The molecule has 3 heterocycles. The third-order valence-electron chi connectivity index (χ3n) is 5.26. The van der Waals surface area contributed by atoms with Crippen LogP contribution in [-0.2, 0) is 4.74 Å². The molecular weight excluding hydrogens is 392 g/mol. The van der Waals surface area contributed by atoms with Crippen molar-refractivity contribution in [3.05, 3.63) is 60.3 Å². The summed E-state index contributed by atoms with van der Waals surface area (Å²) in [5.41, 5.74) is 2.29. The van der Waals surface area contributed by atoms with Gasteiger partial charge in [-0.3, -0.25) is 9.79 Å². The van der Waals surface area contributed by atoms with E-state index >= 15 is 0 Å². The van der Waals surface area contributed by atoms with Crippen LogP contribution in [0.25, 0.3) is 16.8 Å². The molecule has 8 nitrogen and oxygen atoms in total. The van der Waals surface area contributed by atoms with Crippen molar-refractivity contribution in [2.45, 2.75) is 13.0 Å². The molecule has 31 heavy (non-hydrogen) atoms. The van der Waals surface area contributed by atoms with E-state index < -0.39 is 0 Å². The van der Waals surface area contributed by atoms with Gasteiger partial charge in [0.15, 0.2) is 5.82 Å². The second-order valence-electron chi connectivity index (χ2n) is 7.21. The molecule has 1 saturated heterocycles. The van der Waals surface area contributed by atoms with Gasteiger partial charge in [0.1, 0.15) is 17.7 Å². The minimum atomic E-state index is -0.242. The van der Waals surface area contributed by atoms with Gasteiger partial charge in [-0.15, -0.1) is 0 Å². The van der Waals surface area contributed by atoms with E-state index in [0.717, 1.165) is 16.5 Å². The summed E-state index contributed by atoms with van der Waals surface area (Å²) in [5.74, 6) is 0.446. The highest BCUT2D eigenvalue weighted by Crippen LogP contribution is 2.30. The van der Waals surface area contributed by atoms with E-state index in [0.29, 0.717) is 49.2 Å². The molecule has 0 saturated carbocycles. The monoisotopic (exact) mass is 416 g/mol. The third-order valence-corrected chi connectivity index (χ3v) is 5.26. The quantitative estimate of drug-likeness (QED) is 0.617. The van der Waals surface area contributed by atoms with Gasteiger partial charge in [0.05, 0.1) is 30.6 Å². The predicted molar refractivity (Wildman–Crippen MR) is 122 cm³/mol. The van der Waals surface area contributed by atoms with Crippen LogP contribution in [0.5, 0.6) is 0 Å². The summed E-state index contributed by atoms with van der Waals surface area (Å²) in [5, 5.41) is 5.11. The molecular formula is C23H24N6O2. The highest BCUT2D eigenvalue weighted by atomic mass is 16.5. The number of rotatable bonds is 6. The van der Waals surface area contributed by atoms with Gasteiger partial charge in [-0.25, -0.2) is 15.0 Å². The van der Waals surface area contributed by atoms with Crippen molar-refractivity contribution in [2.75, 3.05) is 31.6 Å². The van der Waals surface area contributed by atoms with Crippen molar-refractivity contribution in [1.82, 2.24) is 19.9 Å². The average Bonchev–Trinajstić information content (AvgIpc) is 2.83. The molecule has 8 heteroatoms. The third kappa shape index (κ3) is 4.15. The zero-order valence-corrected chi connectivity index (χ0v) is 17.4. The first kappa shape index (κ1) is 20.6. The summed E-state index contributed by atoms with van der Waals surface area (Å²) in [4.78, 5) is 32.3. The van der Waals surface area contributed by atoms with E-state index in [9.17, 15) is 4.79 Å². The molecule has 0 unspecified atom stereocenters. The highest BCUT2D eigenvalue weighted by molar-refractivity contribution is 6.05. The van der Waals surface area contributed by atoms with Crippen molar-refractivity contribution in [1.29, 1.82) is 0 Å². The van der Waals surface area contributed by atoms with Gasteiger partial charge in [0, 0.05) is 18.5 Å². The Morgan fingerprint density at radius 1 is 1.29 bits per heavy atom. The number of pyridine rings is 1. The van der Waals surface area contributed by atoms with Crippen LogP contribution in [0.4, 0.5) is 11.5 Å². The first-order valence-corrected chi connectivity index (χ1v) is 10.1. The van der Waals surface area contributed by atoms with Crippen LogP contribution in [0.2, 0.25) is 0 Å². The maximum Gasteiger partial charge on any atom is 0.273 e. The lowest BCUT2D eigenvalue weighted by atomic mass is 10.0. The van der Waals surface area contributed by atoms with Gasteiger partial charge in [0.2, 0.25) is 0 Å². The number of amides is 1. The van der Waals surface area contributed by atoms with Crippen LogP contribution < -0.4 is 5.32 Å². The second kappa shape index (κ2) is 9.01. The zero-order valence-electron chi connectivity index (χ0n) is 17.4. The minimum absolute atomic E-state index is 0.0852. The summed E-state index contributed by atoms with van der Waals surface area (Å²) in [6.45, 7) is 11.5. The lowest BCUT2D eigenvalue weighted by molar-refractivity contribution is 0.0300. The molecule has 1 fully saturated rings. The molecule has 2 aromatic heterocycles. The topological polar surface area (TPSA) is 92.6 Å². The Kier molecular flexibility index (Phi) is 5.99. The van der Waals surface area contributed by atoms with Crippen LogP contribution in [0.15, 0.2) is 48.2 Å². The number of aliphatic imine (C=N–C) groups is 1. The van der Waals surface area contributed by atoms with Crippen LogP contribution in [-0.4, -0.2) is 58.8 Å². The standard InChI is InChI=1S/C23H24N6O2/c1-4-18-21(24-3)22(26-14-25-18)27-15(2)19-13-16-7-5-6-8-17(16)20(28-19)23(30)29-9-11-31-12-10-29/h4-8,13-15H,1,3,9-12H2,2H3,(H,25,26,27)/t15-/m0/s1. The Labute approximate surface area is 180 Å². The zero-order chi connectivity index (χ0) is 21.8. The molecule has 3 aromatic rings. The molecule has 158 valence electrons. The number of hydrogen-bond acceptors (Lipinski definition) is 7. The Morgan fingerprint density at radius 2 is 2.06 bits per heavy atom. The van der Waals surface area contributed by atoms with E-state index in [1.807, 2.05) is 37.3 Å². The van der Waals surface area contributed by atoms with E-state index in [1.54, 1.807) is 11.0 Å². The number of carbonyl (C=O) groups is 1. The number of aromatic nitrogens is 3. The van der Waals surface area contributed by atoms with Gasteiger partial charge in [-0.1, -0.05) is 30.8 Å². The Bertz CT molecular complexity index is 1140. The Morgan fingerprint density at radius 3 is 2.81 bits per heavy atom. The van der Waals surface area contributed by atoms with Crippen LogP contribution >= 0.6 is 0 Å². The number of carbonyl (C=O) groups excluding carboxylic acids is 1. The van der Waals surface area contributed by atoms with Crippen molar-refractivity contribution in [3.8, 4) is 0 Å². The summed E-state index contributed by atoms with van der Waals surface area (Å²) < 4.78 is 5.38. The fourth-order valence-corrected chi connectivity index (χ4v) is 3.60. The fraction of sp³-hybridized carbons (Fsp3) is 0.261. The maximum atomic E-state index is 13.3. The minimum Gasteiger partial charge on any atom is -0.378 e. The molecule has 0 bridgehead atoms.